The van der Waals surface area contributed by atoms with E-state index in [1.165, 1.54) is 5.57 Å². The topological polar surface area (TPSA) is 23.5 Å². The zero-order valence-corrected chi connectivity index (χ0v) is 8.79. The molecule has 0 aromatic carbocycles. The first-order valence-electron chi connectivity index (χ1n) is 5.14. The third kappa shape index (κ3) is 3.49. The van der Waals surface area contributed by atoms with Gasteiger partial charge in [0, 0.05) is 19.6 Å². The molecule has 0 amide bonds. The van der Waals surface area contributed by atoms with Crippen LogP contribution in [0.5, 0.6) is 0 Å². The van der Waals surface area contributed by atoms with E-state index in [0.717, 1.165) is 32.5 Å². The summed E-state index contributed by atoms with van der Waals surface area (Å²) in [4.78, 5) is 2.42. The van der Waals surface area contributed by atoms with Crippen LogP contribution in [0.15, 0.2) is 12.2 Å². The summed E-state index contributed by atoms with van der Waals surface area (Å²) in [5.74, 6) is 0.430. The summed E-state index contributed by atoms with van der Waals surface area (Å²) in [7, 11) is 0. The molecule has 0 aromatic heterocycles. The van der Waals surface area contributed by atoms with Crippen molar-refractivity contribution in [2.45, 2.75) is 32.8 Å². The van der Waals surface area contributed by atoms with Gasteiger partial charge in [0.2, 0.25) is 0 Å². The van der Waals surface area contributed by atoms with Crippen LogP contribution in [-0.2, 0) is 0 Å². The Morgan fingerprint density at radius 2 is 2.31 bits per heavy atom. The van der Waals surface area contributed by atoms with Gasteiger partial charge in [0.25, 0.3) is 0 Å². The van der Waals surface area contributed by atoms with E-state index in [2.05, 4.69) is 25.3 Å². The predicted octanol–water partition coefficient (Wildman–Crippen LogP) is 1.66. The summed E-state index contributed by atoms with van der Waals surface area (Å²) >= 11 is 0. The lowest BCUT2D eigenvalue weighted by molar-refractivity contribution is 0.0356. The largest absolute Gasteiger partial charge is 0.393 e. The smallest absolute Gasteiger partial charge is 0.0590 e. The predicted molar refractivity (Wildman–Crippen MR) is 55.7 cm³/mol. The fourth-order valence-corrected chi connectivity index (χ4v) is 1.77. The number of piperidine rings is 1. The monoisotopic (exact) mass is 183 g/mol. The second-order valence-electron chi connectivity index (χ2n) is 4.34. The van der Waals surface area contributed by atoms with Gasteiger partial charge < -0.3 is 10.0 Å². The van der Waals surface area contributed by atoms with Crippen LogP contribution >= 0.6 is 0 Å². The average molecular weight is 183 g/mol. The van der Waals surface area contributed by atoms with Gasteiger partial charge in [-0.2, -0.15) is 0 Å². The maximum absolute atomic E-state index is 9.53. The summed E-state index contributed by atoms with van der Waals surface area (Å²) in [5.41, 5.74) is 1.25. The molecule has 2 unspecified atom stereocenters. The van der Waals surface area contributed by atoms with Gasteiger partial charge in [-0.15, -0.1) is 6.58 Å². The third-order valence-electron chi connectivity index (χ3n) is 2.80. The lowest BCUT2D eigenvalue weighted by atomic mass is 9.96. The molecular formula is C11H21NO. The number of aliphatic hydroxyl groups is 1. The van der Waals surface area contributed by atoms with E-state index in [1.54, 1.807) is 0 Å². The van der Waals surface area contributed by atoms with E-state index in [9.17, 15) is 5.11 Å². The summed E-state index contributed by atoms with van der Waals surface area (Å²) in [6.45, 7) is 11.3. The van der Waals surface area contributed by atoms with Gasteiger partial charge >= 0.3 is 0 Å². The Balaban J connectivity index is 2.25. The van der Waals surface area contributed by atoms with Gasteiger partial charge in [-0.3, -0.25) is 0 Å². The Kier molecular flexibility index (Phi) is 3.94. The highest BCUT2D eigenvalue weighted by molar-refractivity contribution is 4.89. The standard InChI is InChI=1S/C11H21NO/c1-9(2)4-6-12-7-5-11(13)10(3)8-12/h10-11,13H,1,4-8H2,2-3H3. The molecule has 1 aliphatic heterocycles. The van der Waals surface area contributed by atoms with Crippen LogP contribution in [0.4, 0.5) is 0 Å². The summed E-state index contributed by atoms with van der Waals surface area (Å²) in [5, 5.41) is 9.53. The lowest BCUT2D eigenvalue weighted by Crippen LogP contribution is -2.42. The Morgan fingerprint density at radius 3 is 2.85 bits per heavy atom. The molecule has 1 fully saturated rings. The van der Waals surface area contributed by atoms with E-state index >= 15 is 0 Å². The van der Waals surface area contributed by atoms with E-state index in [4.69, 9.17) is 0 Å². The Hall–Kier alpha value is -0.340. The second-order valence-corrected chi connectivity index (χ2v) is 4.34. The minimum atomic E-state index is -0.0823. The summed E-state index contributed by atoms with van der Waals surface area (Å²) in [6.07, 6.45) is 1.93. The van der Waals surface area contributed by atoms with Crippen LogP contribution in [0, 0.1) is 5.92 Å². The highest BCUT2D eigenvalue weighted by Crippen LogP contribution is 2.16. The first kappa shape index (κ1) is 10.7. The molecular weight excluding hydrogens is 162 g/mol. The quantitative estimate of drug-likeness (QED) is 0.673. The first-order valence-corrected chi connectivity index (χ1v) is 5.14. The highest BCUT2D eigenvalue weighted by atomic mass is 16.3. The Bertz CT molecular complexity index is 179. The molecule has 0 bridgehead atoms. The minimum absolute atomic E-state index is 0.0823. The van der Waals surface area contributed by atoms with Gasteiger partial charge in [-0.05, 0) is 25.7 Å². The van der Waals surface area contributed by atoms with E-state index in [1.807, 2.05) is 0 Å². The van der Waals surface area contributed by atoms with Crippen molar-refractivity contribution in [1.29, 1.82) is 0 Å². The molecule has 76 valence electrons. The van der Waals surface area contributed by atoms with E-state index in [0.29, 0.717) is 5.92 Å². The normalized spacial score (nSPS) is 30.4. The molecule has 1 aliphatic rings. The van der Waals surface area contributed by atoms with Crippen molar-refractivity contribution in [2.24, 2.45) is 5.92 Å². The van der Waals surface area contributed by atoms with Gasteiger partial charge in [0.15, 0.2) is 0 Å². The van der Waals surface area contributed by atoms with Gasteiger partial charge in [-0.1, -0.05) is 12.5 Å². The number of nitrogens with zero attached hydrogens (tertiary/aromatic N) is 1. The fraction of sp³-hybridized carbons (Fsp3) is 0.818. The number of likely N-dealkylation sites (tertiary alicyclic amines) is 1. The molecule has 0 saturated carbocycles. The molecule has 1 saturated heterocycles. The van der Waals surface area contributed by atoms with Crippen molar-refractivity contribution >= 4 is 0 Å². The molecule has 0 spiro atoms. The Morgan fingerprint density at radius 1 is 1.62 bits per heavy atom. The van der Waals surface area contributed by atoms with Crippen molar-refractivity contribution in [2.75, 3.05) is 19.6 Å². The lowest BCUT2D eigenvalue weighted by Gasteiger charge is -2.34. The molecule has 13 heavy (non-hydrogen) atoms. The first-order chi connectivity index (χ1) is 6.09. The zero-order valence-electron chi connectivity index (χ0n) is 8.79. The summed E-state index contributed by atoms with van der Waals surface area (Å²) in [6, 6.07) is 0. The second kappa shape index (κ2) is 4.77. The van der Waals surface area contributed by atoms with Crippen LogP contribution in [0.2, 0.25) is 0 Å². The molecule has 0 aliphatic carbocycles. The van der Waals surface area contributed by atoms with E-state index in [-0.39, 0.29) is 6.10 Å². The number of aliphatic hydroxyl groups excluding tert-OH is 1. The van der Waals surface area contributed by atoms with Crippen molar-refractivity contribution < 1.29 is 5.11 Å². The van der Waals surface area contributed by atoms with Gasteiger partial charge in [-0.25, -0.2) is 0 Å². The fourth-order valence-electron chi connectivity index (χ4n) is 1.77. The molecule has 0 radical (unpaired) electrons. The van der Waals surface area contributed by atoms with Gasteiger partial charge in [0.05, 0.1) is 6.10 Å². The SMILES string of the molecule is C=C(C)CCN1CCC(O)C(C)C1. The Labute approximate surface area is 81.2 Å². The van der Waals surface area contributed by atoms with Crippen LogP contribution in [-0.4, -0.2) is 35.7 Å². The summed E-state index contributed by atoms with van der Waals surface area (Å²) < 4.78 is 0. The molecule has 2 atom stereocenters. The van der Waals surface area contributed by atoms with Crippen LogP contribution in [0.1, 0.15) is 26.7 Å². The maximum Gasteiger partial charge on any atom is 0.0590 e. The van der Waals surface area contributed by atoms with E-state index < -0.39 is 0 Å². The van der Waals surface area contributed by atoms with Crippen molar-refractivity contribution in [3.63, 3.8) is 0 Å². The molecule has 0 aromatic rings. The zero-order chi connectivity index (χ0) is 9.84. The highest BCUT2D eigenvalue weighted by Gasteiger charge is 2.23. The molecule has 1 heterocycles. The maximum atomic E-state index is 9.53. The number of rotatable bonds is 3. The minimum Gasteiger partial charge on any atom is -0.393 e. The van der Waals surface area contributed by atoms with Crippen LogP contribution < -0.4 is 0 Å². The average Bonchev–Trinajstić information content (AvgIpc) is 2.07. The molecule has 2 nitrogen and oxygen atoms in total. The van der Waals surface area contributed by atoms with Crippen molar-refractivity contribution in [1.82, 2.24) is 4.90 Å². The van der Waals surface area contributed by atoms with Crippen LogP contribution in [0.25, 0.3) is 0 Å². The van der Waals surface area contributed by atoms with Crippen molar-refractivity contribution in [3.8, 4) is 0 Å². The third-order valence-corrected chi connectivity index (χ3v) is 2.80. The van der Waals surface area contributed by atoms with Gasteiger partial charge in [0.1, 0.15) is 0 Å². The molecule has 1 rings (SSSR count). The number of hydrogen-bond acceptors (Lipinski definition) is 2. The van der Waals surface area contributed by atoms with Crippen molar-refractivity contribution in [3.05, 3.63) is 12.2 Å². The number of hydrogen-bond donors (Lipinski definition) is 1. The molecule has 2 heteroatoms. The molecule has 1 N–H and O–H groups in total. The van der Waals surface area contributed by atoms with Crippen LogP contribution in [0.3, 0.4) is 0 Å².